The van der Waals surface area contributed by atoms with Crippen LogP contribution in [0.2, 0.25) is 0 Å². The van der Waals surface area contributed by atoms with Crippen LogP contribution >= 0.6 is 0 Å². The van der Waals surface area contributed by atoms with Gasteiger partial charge in [0.15, 0.2) is 0 Å². The molecule has 0 radical (unpaired) electrons. The SMILES string of the molecule is CCOc1ccc(S(=O)(=O)N2CC[NH2+]CC2)cc1. The van der Waals surface area contributed by atoms with Crippen molar-refractivity contribution in [2.75, 3.05) is 32.8 Å². The van der Waals surface area contributed by atoms with Crippen LogP contribution < -0.4 is 10.1 Å². The molecule has 18 heavy (non-hydrogen) atoms. The molecule has 1 fully saturated rings. The predicted molar refractivity (Wildman–Crippen MR) is 68.0 cm³/mol. The molecule has 2 N–H and O–H groups in total. The second-order valence-electron chi connectivity index (χ2n) is 4.17. The number of hydrogen-bond donors (Lipinski definition) is 1. The summed E-state index contributed by atoms with van der Waals surface area (Å²) in [5, 5.41) is 2.13. The quantitative estimate of drug-likeness (QED) is 0.814. The number of sulfonamides is 1. The van der Waals surface area contributed by atoms with Gasteiger partial charge < -0.3 is 10.1 Å². The van der Waals surface area contributed by atoms with E-state index >= 15 is 0 Å². The number of benzene rings is 1. The molecule has 2 rings (SSSR count). The number of piperazine rings is 1. The molecule has 100 valence electrons. The van der Waals surface area contributed by atoms with Crippen LogP contribution in [0, 0.1) is 0 Å². The lowest BCUT2D eigenvalue weighted by Crippen LogP contribution is -2.89. The average molecular weight is 271 g/mol. The molecular weight excluding hydrogens is 252 g/mol. The van der Waals surface area contributed by atoms with Gasteiger partial charge in [0, 0.05) is 0 Å². The first-order valence-electron chi connectivity index (χ1n) is 6.19. The van der Waals surface area contributed by atoms with Crippen LogP contribution in [0.15, 0.2) is 29.2 Å². The minimum Gasteiger partial charge on any atom is -0.494 e. The first-order valence-corrected chi connectivity index (χ1v) is 7.63. The van der Waals surface area contributed by atoms with E-state index in [0.717, 1.165) is 13.1 Å². The molecule has 0 amide bonds. The number of hydrogen-bond acceptors (Lipinski definition) is 3. The third kappa shape index (κ3) is 2.82. The zero-order valence-electron chi connectivity index (χ0n) is 10.5. The van der Waals surface area contributed by atoms with Crippen molar-refractivity contribution in [2.45, 2.75) is 11.8 Å². The van der Waals surface area contributed by atoms with Crippen LogP contribution in [0.3, 0.4) is 0 Å². The molecule has 0 aromatic heterocycles. The third-order valence-electron chi connectivity index (χ3n) is 2.94. The molecular formula is C12H19N2O3S+. The van der Waals surface area contributed by atoms with Crippen LogP contribution in [0.4, 0.5) is 0 Å². The van der Waals surface area contributed by atoms with Crippen LogP contribution in [-0.2, 0) is 10.0 Å². The third-order valence-corrected chi connectivity index (χ3v) is 4.85. The summed E-state index contributed by atoms with van der Waals surface area (Å²) in [5.41, 5.74) is 0. The van der Waals surface area contributed by atoms with E-state index in [1.165, 1.54) is 0 Å². The summed E-state index contributed by atoms with van der Waals surface area (Å²) < 4.78 is 31.5. The fourth-order valence-electron chi connectivity index (χ4n) is 1.99. The summed E-state index contributed by atoms with van der Waals surface area (Å²) in [6.45, 7) is 5.29. The minimum absolute atomic E-state index is 0.341. The zero-order chi connectivity index (χ0) is 13.0. The Morgan fingerprint density at radius 2 is 1.83 bits per heavy atom. The summed E-state index contributed by atoms with van der Waals surface area (Å²) >= 11 is 0. The summed E-state index contributed by atoms with van der Waals surface area (Å²) in [7, 11) is -3.34. The van der Waals surface area contributed by atoms with E-state index < -0.39 is 10.0 Å². The summed E-state index contributed by atoms with van der Waals surface area (Å²) in [6.07, 6.45) is 0. The van der Waals surface area contributed by atoms with Crippen LogP contribution in [0.1, 0.15) is 6.92 Å². The zero-order valence-corrected chi connectivity index (χ0v) is 11.3. The molecule has 0 atom stereocenters. The lowest BCUT2D eigenvalue weighted by atomic mass is 10.3. The standard InChI is InChI=1S/C12H18N2O3S/c1-2-17-11-3-5-12(6-4-11)18(15,16)14-9-7-13-8-10-14/h3-6,13H,2,7-10H2,1H3/p+1. The van der Waals surface area contributed by atoms with Crippen LogP contribution in [0.25, 0.3) is 0 Å². The number of rotatable bonds is 4. The maximum absolute atomic E-state index is 12.3. The minimum atomic E-state index is -3.34. The fourth-order valence-corrected chi connectivity index (χ4v) is 3.46. The Balaban J connectivity index is 2.18. The Bertz CT molecular complexity index is 479. The number of nitrogens with two attached hydrogens (primary N) is 1. The van der Waals surface area contributed by atoms with Gasteiger partial charge in [-0.3, -0.25) is 0 Å². The van der Waals surface area contributed by atoms with Crippen molar-refractivity contribution in [3.63, 3.8) is 0 Å². The van der Waals surface area contributed by atoms with Crippen molar-refractivity contribution in [1.82, 2.24) is 4.31 Å². The van der Waals surface area contributed by atoms with E-state index in [-0.39, 0.29) is 0 Å². The lowest BCUT2D eigenvalue weighted by molar-refractivity contribution is -0.661. The highest BCUT2D eigenvalue weighted by molar-refractivity contribution is 7.89. The van der Waals surface area contributed by atoms with E-state index in [9.17, 15) is 8.42 Å². The number of quaternary nitrogens is 1. The molecule has 0 bridgehead atoms. The second kappa shape index (κ2) is 5.69. The normalized spacial score (nSPS) is 17.6. The molecule has 0 unspecified atom stereocenters. The van der Waals surface area contributed by atoms with Gasteiger partial charge in [-0.15, -0.1) is 0 Å². The maximum atomic E-state index is 12.3. The Hall–Kier alpha value is -1.11. The Morgan fingerprint density at radius 1 is 1.22 bits per heavy atom. The van der Waals surface area contributed by atoms with Crippen molar-refractivity contribution in [1.29, 1.82) is 0 Å². The van der Waals surface area contributed by atoms with Gasteiger partial charge in [-0.05, 0) is 31.2 Å². The summed E-state index contributed by atoms with van der Waals surface area (Å²) in [6, 6.07) is 6.62. The first-order chi connectivity index (χ1) is 8.64. The smallest absolute Gasteiger partial charge is 0.243 e. The van der Waals surface area contributed by atoms with E-state index in [2.05, 4.69) is 5.32 Å². The largest absolute Gasteiger partial charge is 0.494 e. The molecule has 6 heteroatoms. The topological polar surface area (TPSA) is 63.2 Å². The van der Waals surface area contributed by atoms with Crippen LogP contribution in [-0.4, -0.2) is 45.5 Å². The van der Waals surface area contributed by atoms with E-state index in [4.69, 9.17) is 4.74 Å². The Morgan fingerprint density at radius 3 is 2.39 bits per heavy atom. The molecule has 5 nitrogen and oxygen atoms in total. The fraction of sp³-hybridized carbons (Fsp3) is 0.500. The molecule has 0 aliphatic carbocycles. The van der Waals surface area contributed by atoms with Gasteiger partial charge >= 0.3 is 0 Å². The second-order valence-corrected chi connectivity index (χ2v) is 6.11. The Kier molecular flexibility index (Phi) is 4.21. The molecule has 1 aliphatic rings. The van der Waals surface area contributed by atoms with E-state index in [1.807, 2.05) is 6.92 Å². The highest BCUT2D eigenvalue weighted by Crippen LogP contribution is 2.19. The van der Waals surface area contributed by atoms with Crippen molar-refractivity contribution in [2.24, 2.45) is 0 Å². The van der Waals surface area contributed by atoms with E-state index in [0.29, 0.717) is 30.3 Å². The van der Waals surface area contributed by atoms with Crippen molar-refractivity contribution < 1.29 is 18.5 Å². The summed E-state index contributed by atoms with van der Waals surface area (Å²) in [5.74, 6) is 0.698. The lowest BCUT2D eigenvalue weighted by Gasteiger charge is -2.24. The molecule has 1 aromatic carbocycles. The van der Waals surface area contributed by atoms with Gasteiger partial charge in [-0.1, -0.05) is 0 Å². The maximum Gasteiger partial charge on any atom is 0.243 e. The highest BCUT2D eigenvalue weighted by atomic mass is 32.2. The van der Waals surface area contributed by atoms with Gasteiger partial charge in [-0.2, -0.15) is 4.31 Å². The number of ether oxygens (including phenoxy) is 1. The average Bonchev–Trinajstić information content (AvgIpc) is 2.41. The van der Waals surface area contributed by atoms with Gasteiger partial charge in [-0.25, -0.2) is 8.42 Å². The predicted octanol–water partition coefficient (Wildman–Crippen LogP) is -0.347. The van der Waals surface area contributed by atoms with Gasteiger partial charge in [0.25, 0.3) is 0 Å². The molecule has 1 saturated heterocycles. The van der Waals surface area contributed by atoms with Gasteiger partial charge in [0.05, 0.1) is 37.7 Å². The highest BCUT2D eigenvalue weighted by Gasteiger charge is 2.26. The molecule has 0 saturated carbocycles. The number of nitrogens with zero attached hydrogens (tertiary/aromatic N) is 1. The van der Waals surface area contributed by atoms with Crippen molar-refractivity contribution in [3.8, 4) is 5.75 Å². The van der Waals surface area contributed by atoms with Crippen LogP contribution in [0.5, 0.6) is 5.75 Å². The van der Waals surface area contributed by atoms with Gasteiger partial charge in [0.2, 0.25) is 10.0 Å². The molecule has 0 spiro atoms. The first kappa shape index (κ1) is 13.3. The molecule has 1 aromatic rings. The molecule has 1 aliphatic heterocycles. The van der Waals surface area contributed by atoms with Crippen molar-refractivity contribution in [3.05, 3.63) is 24.3 Å². The molecule has 1 heterocycles. The monoisotopic (exact) mass is 271 g/mol. The van der Waals surface area contributed by atoms with Crippen molar-refractivity contribution >= 4 is 10.0 Å². The van der Waals surface area contributed by atoms with Gasteiger partial charge in [0.1, 0.15) is 5.75 Å². The summed E-state index contributed by atoms with van der Waals surface area (Å²) in [4.78, 5) is 0.341. The van der Waals surface area contributed by atoms with E-state index in [1.54, 1.807) is 28.6 Å². The Labute approximate surface area is 108 Å².